The van der Waals surface area contributed by atoms with Crippen LogP contribution in [0.25, 0.3) is 0 Å². The average Bonchev–Trinajstić information content (AvgIpc) is 2.97. The minimum atomic E-state index is -4.67. The van der Waals surface area contributed by atoms with E-state index in [-0.39, 0.29) is 36.4 Å². The summed E-state index contributed by atoms with van der Waals surface area (Å²) in [5, 5.41) is 11.3. The zero-order valence-corrected chi connectivity index (χ0v) is 15.0. The molecule has 2 N–H and O–H groups in total. The SMILES string of the molecule is CC(C)(CCC(=O)O)NC(=O)c1cc(N2CCCC2=O)cc(C(F)(F)F)c1. The summed E-state index contributed by atoms with van der Waals surface area (Å²) in [5.41, 5.74) is -2.15. The number of hydrogen-bond donors (Lipinski definition) is 2. The van der Waals surface area contributed by atoms with E-state index in [4.69, 9.17) is 5.11 Å². The molecule has 0 radical (unpaired) electrons. The number of nitrogens with zero attached hydrogens (tertiary/aromatic N) is 1. The molecule has 0 aromatic heterocycles. The second-order valence-corrected chi connectivity index (χ2v) is 7.15. The maximum atomic E-state index is 13.2. The predicted molar refractivity (Wildman–Crippen MR) is 91.4 cm³/mol. The van der Waals surface area contributed by atoms with Gasteiger partial charge in [-0.25, -0.2) is 0 Å². The van der Waals surface area contributed by atoms with E-state index in [2.05, 4.69) is 5.32 Å². The third kappa shape index (κ3) is 5.45. The Kier molecular flexibility index (Phi) is 5.82. The second-order valence-electron chi connectivity index (χ2n) is 7.15. The molecule has 9 heteroatoms. The third-order valence-corrected chi connectivity index (χ3v) is 4.31. The van der Waals surface area contributed by atoms with Crippen molar-refractivity contribution in [2.45, 2.75) is 51.2 Å². The lowest BCUT2D eigenvalue weighted by atomic mass is 9.97. The molecule has 1 aromatic rings. The van der Waals surface area contributed by atoms with Gasteiger partial charge in [-0.1, -0.05) is 0 Å². The highest BCUT2D eigenvalue weighted by Crippen LogP contribution is 2.34. The standard InChI is InChI=1S/C18H21F3N2O4/c1-17(2,6-5-15(25)26)22-16(27)11-8-12(18(19,20)21)10-13(9-11)23-7-3-4-14(23)24/h8-10H,3-7H2,1-2H3,(H,22,27)(H,25,26). The van der Waals surface area contributed by atoms with Crippen molar-refractivity contribution in [2.24, 2.45) is 0 Å². The molecule has 0 atom stereocenters. The van der Waals surface area contributed by atoms with Gasteiger partial charge >= 0.3 is 12.1 Å². The Morgan fingerprint density at radius 2 is 1.89 bits per heavy atom. The van der Waals surface area contributed by atoms with E-state index in [0.29, 0.717) is 13.0 Å². The molecule has 148 valence electrons. The number of aliphatic carboxylic acids is 1. The first-order valence-corrected chi connectivity index (χ1v) is 8.46. The van der Waals surface area contributed by atoms with E-state index in [0.717, 1.165) is 12.1 Å². The van der Waals surface area contributed by atoms with Gasteiger partial charge in [0.25, 0.3) is 5.91 Å². The highest BCUT2D eigenvalue weighted by Gasteiger charge is 2.34. The maximum absolute atomic E-state index is 13.2. The molecule has 6 nitrogen and oxygen atoms in total. The molecule has 2 rings (SSSR count). The van der Waals surface area contributed by atoms with E-state index in [1.165, 1.54) is 11.0 Å². The average molecular weight is 386 g/mol. The van der Waals surface area contributed by atoms with Gasteiger partial charge in [0.2, 0.25) is 5.91 Å². The van der Waals surface area contributed by atoms with Crippen LogP contribution in [0.2, 0.25) is 0 Å². The Balaban J connectivity index is 2.33. The number of amides is 2. The van der Waals surface area contributed by atoms with E-state index < -0.39 is 29.2 Å². The minimum Gasteiger partial charge on any atom is -0.481 e. The topological polar surface area (TPSA) is 86.7 Å². The van der Waals surface area contributed by atoms with Crippen molar-refractivity contribution in [1.82, 2.24) is 5.32 Å². The van der Waals surface area contributed by atoms with Crippen molar-refractivity contribution in [3.8, 4) is 0 Å². The van der Waals surface area contributed by atoms with Crippen LogP contribution in [0.4, 0.5) is 18.9 Å². The summed E-state index contributed by atoms with van der Waals surface area (Å²) in [5.74, 6) is -2.09. The van der Waals surface area contributed by atoms with Crippen LogP contribution in [0.1, 0.15) is 55.5 Å². The van der Waals surface area contributed by atoms with Crippen LogP contribution in [0.15, 0.2) is 18.2 Å². The van der Waals surface area contributed by atoms with Gasteiger partial charge in [-0.2, -0.15) is 13.2 Å². The summed E-state index contributed by atoms with van der Waals surface area (Å²) >= 11 is 0. The molecule has 1 aliphatic rings. The van der Waals surface area contributed by atoms with Gasteiger partial charge in [-0.3, -0.25) is 14.4 Å². The Bertz CT molecular complexity index is 759. The van der Waals surface area contributed by atoms with Gasteiger partial charge in [0.15, 0.2) is 0 Å². The van der Waals surface area contributed by atoms with Crippen LogP contribution in [0.3, 0.4) is 0 Å². The molecule has 0 aliphatic carbocycles. The van der Waals surface area contributed by atoms with Crippen LogP contribution in [-0.2, 0) is 15.8 Å². The number of carboxylic acid groups (broad SMARTS) is 1. The highest BCUT2D eigenvalue weighted by molar-refractivity contribution is 5.99. The molecular weight excluding hydrogens is 365 g/mol. The smallest absolute Gasteiger partial charge is 0.416 e. The number of carbonyl (C=O) groups excluding carboxylic acids is 2. The van der Waals surface area contributed by atoms with E-state index >= 15 is 0 Å². The number of carbonyl (C=O) groups is 3. The number of carboxylic acids is 1. The van der Waals surface area contributed by atoms with E-state index in [9.17, 15) is 27.6 Å². The predicted octanol–water partition coefficient (Wildman–Crippen LogP) is 3.21. The molecule has 2 amide bonds. The fourth-order valence-electron chi connectivity index (χ4n) is 2.84. The Labute approximate surface area is 154 Å². The third-order valence-electron chi connectivity index (χ3n) is 4.31. The minimum absolute atomic E-state index is 0.0285. The molecule has 0 spiro atoms. The summed E-state index contributed by atoms with van der Waals surface area (Å²) in [6, 6.07) is 2.84. The molecule has 1 fully saturated rings. The van der Waals surface area contributed by atoms with Crippen molar-refractivity contribution in [3.63, 3.8) is 0 Å². The van der Waals surface area contributed by atoms with Gasteiger partial charge in [0.1, 0.15) is 0 Å². The fourth-order valence-corrected chi connectivity index (χ4v) is 2.84. The molecule has 0 bridgehead atoms. The van der Waals surface area contributed by atoms with Crippen molar-refractivity contribution in [1.29, 1.82) is 0 Å². The molecule has 1 aliphatic heterocycles. The lowest BCUT2D eigenvalue weighted by Crippen LogP contribution is -2.43. The first kappa shape index (κ1) is 20.7. The molecule has 27 heavy (non-hydrogen) atoms. The molecule has 0 unspecified atom stereocenters. The zero-order chi connectivity index (χ0) is 20.4. The van der Waals surface area contributed by atoms with Crippen molar-refractivity contribution >= 4 is 23.5 Å². The zero-order valence-electron chi connectivity index (χ0n) is 15.0. The van der Waals surface area contributed by atoms with Gasteiger partial charge in [-0.15, -0.1) is 0 Å². The Morgan fingerprint density at radius 3 is 2.41 bits per heavy atom. The number of halogens is 3. The van der Waals surface area contributed by atoms with Gasteiger partial charge in [-0.05, 0) is 44.9 Å². The maximum Gasteiger partial charge on any atom is 0.416 e. The number of nitrogens with one attached hydrogen (secondary N) is 1. The largest absolute Gasteiger partial charge is 0.481 e. The Morgan fingerprint density at radius 1 is 1.22 bits per heavy atom. The summed E-state index contributed by atoms with van der Waals surface area (Å²) in [6.07, 6.45) is -3.96. The number of benzene rings is 1. The first-order chi connectivity index (χ1) is 12.4. The van der Waals surface area contributed by atoms with Crippen molar-refractivity contribution < 1.29 is 32.7 Å². The summed E-state index contributed by atoms with van der Waals surface area (Å²) in [6.45, 7) is 3.48. The van der Waals surface area contributed by atoms with Crippen molar-refractivity contribution in [2.75, 3.05) is 11.4 Å². The summed E-state index contributed by atoms with van der Waals surface area (Å²) < 4.78 is 39.7. The Hall–Kier alpha value is -2.58. The quantitative estimate of drug-likeness (QED) is 0.786. The second kappa shape index (κ2) is 7.58. The van der Waals surface area contributed by atoms with Gasteiger partial charge in [0.05, 0.1) is 5.56 Å². The number of hydrogen-bond acceptors (Lipinski definition) is 3. The van der Waals surface area contributed by atoms with Crippen LogP contribution >= 0.6 is 0 Å². The van der Waals surface area contributed by atoms with Crippen LogP contribution in [-0.4, -0.2) is 35.0 Å². The first-order valence-electron chi connectivity index (χ1n) is 8.46. The normalized spacial score (nSPS) is 15.1. The fraction of sp³-hybridized carbons (Fsp3) is 0.500. The summed E-state index contributed by atoms with van der Waals surface area (Å²) in [4.78, 5) is 36.3. The highest BCUT2D eigenvalue weighted by atomic mass is 19.4. The van der Waals surface area contributed by atoms with E-state index in [1.807, 2.05) is 0 Å². The van der Waals surface area contributed by atoms with Crippen molar-refractivity contribution in [3.05, 3.63) is 29.3 Å². The molecular formula is C18H21F3N2O4. The number of rotatable bonds is 6. The summed E-state index contributed by atoms with van der Waals surface area (Å²) in [7, 11) is 0. The van der Waals surface area contributed by atoms with Gasteiger partial charge in [0, 0.05) is 36.2 Å². The number of alkyl halides is 3. The van der Waals surface area contributed by atoms with Crippen LogP contribution < -0.4 is 10.2 Å². The lowest BCUT2D eigenvalue weighted by Gasteiger charge is -2.26. The molecule has 0 saturated carbocycles. The molecule has 1 saturated heterocycles. The monoisotopic (exact) mass is 386 g/mol. The van der Waals surface area contributed by atoms with Crippen LogP contribution in [0, 0.1) is 0 Å². The molecule has 1 aromatic carbocycles. The number of anilines is 1. The van der Waals surface area contributed by atoms with E-state index in [1.54, 1.807) is 13.8 Å². The lowest BCUT2D eigenvalue weighted by molar-refractivity contribution is -0.138. The van der Waals surface area contributed by atoms with Gasteiger partial charge < -0.3 is 15.3 Å². The molecule has 1 heterocycles. The van der Waals surface area contributed by atoms with Crippen LogP contribution in [0.5, 0.6) is 0 Å².